The molecule has 8 rings (SSSR count). The second-order valence-electron chi connectivity index (χ2n) is 25.7. The van der Waals surface area contributed by atoms with E-state index < -0.39 is 178 Å². The molecule has 0 aromatic rings. The number of hydrogen-bond donors (Lipinski definition) is 15. The summed E-state index contributed by atoms with van der Waals surface area (Å²) in [6, 6.07) is 0. The zero-order chi connectivity index (χ0) is 56.6. The van der Waals surface area contributed by atoms with Gasteiger partial charge >= 0.3 is 0 Å². The van der Waals surface area contributed by atoms with Gasteiger partial charge in [-0.05, 0) is 124 Å². The van der Waals surface area contributed by atoms with Crippen molar-refractivity contribution in [3.63, 3.8) is 0 Å². The van der Waals surface area contributed by atoms with Gasteiger partial charge in [0.15, 0.2) is 25.2 Å². The average molecular weight is 1110 g/mol. The lowest BCUT2D eigenvalue weighted by Crippen LogP contribution is -2.68. The van der Waals surface area contributed by atoms with E-state index in [1.54, 1.807) is 0 Å². The topological polar surface area (TPSA) is 377 Å². The van der Waals surface area contributed by atoms with Crippen LogP contribution in [0.25, 0.3) is 0 Å². The van der Waals surface area contributed by atoms with Crippen LogP contribution in [0, 0.1) is 45.3 Å². The molecule has 0 aromatic heterocycles. The van der Waals surface area contributed by atoms with Gasteiger partial charge in [0.05, 0.1) is 44.2 Å². The predicted molar refractivity (Wildman–Crippen MR) is 266 cm³/mol. The van der Waals surface area contributed by atoms with Crippen LogP contribution in [0.3, 0.4) is 0 Å². The van der Waals surface area contributed by atoms with Crippen LogP contribution in [0.2, 0.25) is 0 Å². The molecule has 0 bridgehead atoms. The Balaban J connectivity index is 1.01. The minimum absolute atomic E-state index is 0.0347. The highest BCUT2D eigenvalue weighted by molar-refractivity contribution is 5.20. The zero-order valence-corrected chi connectivity index (χ0v) is 45.8. The first-order chi connectivity index (χ1) is 36.0. The Hall–Kier alpha value is -1.18. The van der Waals surface area contributed by atoms with Crippen molar-refractivity contribution in [2.75, 3.05) is 26.4 Å². The standard InChI is InChI=1S/C54H92O23/c1-23(2)10-9-14-54(8,77-48-44(69)40(65)42(67)46(76-48)70-22-29-37(62)38(63)34(59)26(19-55)71-29)24-11-16-53(7)33(24)25(58)18-31-51(5)15-13-32(50(3,4)30(51)12-17-52(31,53)6)74-49-45(41(66)36(61)28(21-57)73-49)75-47-43(68)39(64)35(60)27(20-56)72-47/h10,24-49,55-69H,9,11-22H2,1-8H3/t24-,25+,26?,27?,28?,29?,30-,31+,32-,33-,34?,35?,36?,37?,38?,39?,40?,41?,42?,43?,44?,45?,46?,47?,48?,49?,51-,52+,53+,54-/m0/s1. The molecule has 8 aliphatic rings. The molecule has 77 heavy (non-hydrogen) atoms. The lowest BCUT2D eigenvalue weighted by Gasteiger charge is -2.71. The molecule has 23 heteroatoms. The molecule has 4 saturated heterocycles. The lowest BCUT2D eigenvalue weighted by atomic mass is 9.35. The Labute approximate surface area is 450 Å². The minimum atomic E-state index is -1.82. The van der Waals surface area contributed by atoms with Crippen molar-refractivity contribution >= 4 is 0 Å². The average Bonchev–Trinajstić information content (AvgIpc) is 3.96. The highest BCUT2D eigenvalue weighted by Crippen LogP contribution is 2.76. The van der Waals surface area contributed by atoms with Crippen LogP contribution in [-0.4, -0.2) is 244 Å². The van der Waals surface area contributed by atoms with E-state index in [9.17, 15) is 76.6 Å². The molecular formula is C54H92O23. The smallest absolute Gasteiger partial charge is 0.189 e. The second-order valence-corrected chi connectivity index (χ2v) is 25.7. The molecule has 446 valence electrons. The van der Waals surface area contributed by atoms with Crippen LogP contribution < -0.4 is 0 Å². The summed E-state index contributed by atoms with van der Waals surface area (Å²) in [4.78, 5) is 0. The fourth-order valence-corrected chi connectivity index (χ4v) is 16.3. The molecule has 20 unspecified atom stereocenters. The lowest BCUT2D eigenvalue weighted by molar-refractivity contribution is -0.379. The molecule has 15 N–H and O–H groups in total. The Kier molecular flexibility index (Phi) is 18.9. The number of ether oxygens (including phenoxy) is 8. The van der Waals surface area contributed by atoms with Crippen molar-refractivity contribution in [1.29, 1.82) is 0 Å². The predicted octanol–water partition coefficient (Wildman–Crippen LogP) is -2.20. The van der Waals surface area contributed by atoms with E-state index in [2.05, 4.69) is 40.7 Å². The quantitative estimate of drug-likeness (QED) is 0.0576. The van der Waals surface area contributed by atoms with Crippen molar-refractivity contribution < 1.29 is 114 Å². The van der Waals surface area contributed by atoms with Crippen molar-refractivity contribution in [1.82, 2.24) is 0 Å². The largest absolute Gasteiger partial charge is 0.394 e. The van der Waals surface area contributed by atoms with Crippen molar-refractivity contribution in [3.05, 3.63) is 11.6 Å². The monoisotopic (exact) mass is 1110 g/mol. The fraction of sp³-hybridized carbons (Fsp3) is 0.963. The molecule has 0 aromatic carbocycles. The van der Waals surface area contributed by atoms with Gasteiger partial charge in [-0.3, -0.25) is 0 Å². The molecule has 0 spiro atoms. The number of fused-ring (bicyclic) bond motifs is 5. The van der Waals surface area contributed by atoms with Crippen LogP contribution in [0.5, 0.6) is 0 Å². The summed E-state index contributed by atoms with van der Waals surface area (Å²) in [5.74, 6) is -0.495. The van der Waals surface area contributed by atoms with Crippen molar-refractivity contribution in [3.8, 4) is 0 Å². The van der Waals surface area contributed by atoms with E-state index in [1.807, 2.05) is 20.8 Å². The number of rotatable bonds is 16. The van der Waals surface area contributed by atoms with E-state index >= 15 is 0 Å². The summed E-state index contributed by atoms with van der Waals surface area (Å²) < 4.78 is 49.0. The number of allylic oxidation sites excluding steroid dienone is 2. The molecule has 4 saturated carbocycles. The summed E-state index contributed by atoms with van der Waals surface area (Å²) in [5, 5.41) is 162. The summed E-state index contributed by atoms with van der Waals surface area (Å²) in [5.41, 5.74) is -1.62. The van der Waals surface area contributed by atoms with Gasteiger partial charge in [-0.1, -0.05) is 46.3 Å². The summed E-state index contributed by atoms with van der Waals surface area (Å²) in [6.07, 6.45) is -25.2. The van der Waals surface area contributed by atoms with Gasteiger partial charge in [0.1, 0.15) is 97.7 Å². The molecule has 23 nitrogen and oxygen atoms in total. The molecule has 4 aliphatic carbocycles. The second kappa shape index (κ2) is 23.5. The van der Waals surface area contributed by atoms with Crippen LogP contribution in [0.4, 0.5) is 0 Å². The van der Waals surface area contributed by atoms with E-state index in [-0.39, 0.29) is 34.5 Å². The summed E-state index contributed by atoms with van der Waals surface area (Å²) >= 11 is 0. The zero-order valence-electron chi connectivity index (χ0n) is 45.8. The van der Waals surface area contributed by atoms with Crippen molar-refractivity contribution in [2.24, 2.45) is 45.3 Å². The highest BCUT2D eigenvalue weighted by Gasteiger charge is 2.72. The first-order valence-corrected chi connectivity index (χ1v) is 27.9. The third-order valence-corrected chi connectivity index (χ3v) is 20.9. The van der Waals surface area contributed by atoms with Crippen LogP contribution in [0.15, 0.2) is 11.6 Å². The Morgan fingerprint density at radius 2 is 1.08 bits per heavy atom. The Bertz CT molecular complexity index is 1990. The maximum absolute atomic E-state index is 12.8. The van der Waals surface area contributed by atoms with Gasteiger partial charge in [0.2, 0.25) is 0 Å². The maximum Gasteiger partial charge on any atom is 0.189 e. The molecule has 30 atom stereocenters. The number of aliphatic hydroxyl groups excluding tert-OH is 15. The molecule has 4 aliphatic heterocycles. The normalized spacial score (nSPS) is 52.7. The number of aliphatic hydroxyl groups is 15. The van der Waals surface area contributed by atoms with E-state index in [4.69, 9.17) is 37.9 Å². The minimum Gasteiger partial charge on any atom is -0.394 e. The third-order valence-electron chi connectivity index (χ3n) is 20.9. The van der Waals surface area contributed by atoms with Crippen LogP contribution in [-0.2, 0) is 37.9 Å². The van der Waals surface area contributed by atoms with Gasteiger partial charge in [0.25, 0.3) is 0 Å². The Morgan fingerprint density at radius 3 is 1.70 bits per heavy atom. The van der Waals surface area contributed by atoms with E-state index in [0.717, 1.165) is 24.8 Å². The maximum atomic E-state index is 12.8. The van der Waals surface area contributed by atoms with Gasteiger partial charge in [-0.25, -0.2) is 0 Å². The third kappa shape index (κ3) is 10.9. The SMILES string of the molecule is CC(C)=CCC[C@](C)(OC1OC(OCC2OC(CO)C(O)C(O)C2O)C(O)C(O)C1O)[C@H]1CC[C@]2(C)[C@@H]1[C@H](O)C[C@@H]1[C@@]3(C)CC[C@H](OC4OC(CO)C(O)C(O)C4OC4OC(CO)C(O)C(O)C4O)C(C)(C)[C@@H]3CC[C@]12C. The van der Waals surface area contributed by atoms with Crippen LogP contribution >= 0.6 is 0 Å². The fourth-order valence-electron chi connectivity index (χ4n) is 16.3. The first-order valence-electron chi connectivity index (χ1n) is 27.9. The highest BCUT2D eigenvalue weighted by atomic mass is 16.8. The molecule has 8 fully saturated rings. The Morgan fingerprint density at radius 1 is 0.545 bits per heavy atom. The van der Waals surface area contributed by atoms with E-state index in [1.165, 1.54) is 0 Å². The molecule has 0 amide bonds. The number of hydrogen-bond acceptors (Lipinski definition) is 23. The summed E-state index contributed by atoms with van der Waals surface area (Å²) in [7, 11) is 0. The van der Waals surface area contributed by atoms with Gasteiger partial charge in [-0.15, -0.1) is 0 Å². The van der Waals surface area contributed by atoms with Crippen LogP contribution in [0.1, 0.15) is 113 Å². The van der Waals surface area contributed by atoms with Gasteiger partial charge < -0.3 is 114 Å². The molecule has 0 radical (unpaired) electrons. The van der Waals surface area contributed by atoms with Crippen molar-refractivity contribution in [2.45, 2.75) is 254 Å². The summed E-state index contributed by atoms with van der Waals surface area (Å²) in [6.45, 7) is 14.6. The van der Waals surface area contributed by atoms with Gasteiger partial charge in [-0.2, -0.15) is 0 Å². The van der Waals surface area contributed by atoms with E-state index in [0.29, 0.717) is 38.5 Å². The molecule has 4 heterocycles. The van der Waals surface area contributed by atoms with Gasteiger partial charge in [0, 0.05) is 0 Å². The first kappa shape index (κ1) is 61.9. The molecular weight excluding hydrogens is 1020 g/mol.